The predicted octanol–water partition coefficient (Wildman–Crippen LogP) is 4.24. The summed E-state index contributed by atoms with van der Waals surface area (Å²) in [6.07, 6.45) is 12.4. The first kappa shape index (κ1) is 19.8. The minimum atomic E-state index is -4.02. The molecule has 20 heavy (non-hydrogen) atoms. The summed E-state index contributed by atoms with van der Waals surface area (Å²) >= 11 is 0. The summed E-state index contributed by atoms with van der Waals surface area (Å²) in [6.45, 7) is 2.01. The third-order valence-electron chi connectivity index (χ3n) is 3.06. The van der Waals surface area contributed by atoms with Gasteiger partial charge in [0.25, 0.3) is 0 Å². The van der Waals surface area contributed by atoms with Crippen LogP contribution in [0, 0.1) is 0 Å². The van der Waals surface area contributed by atoms with E-state index in [2.05, 4.69) is 11.4 Å². The van der Waals surface area contributed by atoms with Gasteiger partial charge in [-0.2, -0.15) is 0 Å². The second-order valence-electron chi connectivity index (χ2n) is 4.95. The molecule has 0 radical (unpaired) electrons. The summed E-state index contributed by atoms with van der Waals surface area (Å²) in [4.78, 5) is 19.1. The summed E-state index contributed by atoms with van der Waals surface area (Å²) in [6, 6.07) is 0. The molecule has 0 aliphatic heterocycles. The number of unbranched alkanes of at least 4 members (excludes halogenated alkanes) is 9. The number of phosphoric ester groups is 1. The fourth-order valence-corrected chi connectivity index (χ4v) is 2.61. The number of phosphoric acid groups is 1. The lowest BCUT2D eigenvalue weighted by molar-refractivity contribution is -0.110. The average Bonchev–Trinajstić information content (AvgIpc) is 2.42. The summed E-state index contributed by atoms with van der Waals surface area (Å²) in [5, 5.41) is 0. The molecule has 0 aliphatic carbocycles. The fraction of sp³-hybridized carbons (Fsp3) is 0.929. The SMILES string of the molecule is CCCCCCCCCCCCOP(=O)(O)OCC=O. The van der Waals surface area contributed by atoms with Crippen LogP contribution >= 0.6 is 7.82 Å². The molecule has 0 saturated heterocycles. The van der Waals surface area contributed by atoms with E-state index < -0.39 is 14.4 Å². The van der Waals surface area contributed by atoms with Gasteiger partial charge in [-0.1, -0.05) is 64.7 Å². The number of carbonyl (C=O) groups excluding carboxylic acids is 1. The van der Waals surface area contributed by atoms with Gasteiger partial charge in [-0.25, -0.2) is 4.57 Å². The minimum absolute atomic E-state index is 0.198. The van der Waals surface area contributed by atoms with E-state index in [4.69, 9.17) is 9.42 Å². The van der Waals surface area contributed by atoms with E-state index in [-0.39, 0.29) is 6.61 Å². The van der Waals surface area contributed by atoms with Crippen molar-refractivity contribution < 1.29 is 23.3 Å². The molecule has 0 saturated carbocycles. The highest BCUT2D eigenvalue weighted by atomic mass is 31.2. The molecule has 0 aliphatic rings. The van der Waals surface area contributed by atoms with E-state index in [1.807, 2.05) is 0 Å². The lowest BCUT2D eigenvalue weighted by Gasteiger charge is -2.10. The molecule has 1 unspecified atom stereocenters. The Morgan fingerprint density at radius 2 is 1.40 bits per heavy atom. The van der Waals surface area contributed by atoms with Gasteiger partial charge in [-0.05, 0) is 6.42 Å². The highest BCUT2D eigenvalue weighted by Gasteiger charge is 2.19. The van der Waals surface area contributed by atoms with Crippen molar-refractivity contribution in [3.8, 4) is 0 Å². The first-order chi connectivity index (χ1) is 9.62. The van der Waals surface area contributed by atoms with Gasteiger partial charge in [0.15, 0.2) is 0 Å². The van der Waals surface area contributed by atoms with Crippen molar-refractivity contribution in [3.05, 3.63) is 0 Å². The van der Waals surface area contributed by atoms with Gasteiger partial charge in [-0.3, -0.25) is 9.05 Å². The van der Waals surface area contributed by atoms with E-state index in [9.17, 15) is 9.36 Å². The van der Waals surface area contributed by atoms with E-state index >= 15 is 0 Å². The Bertz CT molecular complexity index is 270. The third kappa shape index (κ3) is 14.2. The summed E-state index contributed by atoms with van der Waals surface area (Å²) in [5.74, 6) is 0. The fourth-order valence-electron chi connectivity index (χ4n) is 1.93. The molecule has 0 heterocycles. The maximum absolute atomic E-state index is 11.2. The molecule has 0 bridgehead atoms. The number of carbonyl (C=O) groups is 1. The lowest BCUT2D eigenvalue weighted by Crippen LogP contribution is -1.99. The minimum Gasteiger partial charge on any atom is -0.302 e. The van der Waals surface area contributed by atoms with Crippen LogP contribution in [-0.2, 0) is 18.4 Å². The van der Waals surface area contributed by atoms with Crippen LogP contribution in [0.5, 0.6) is 0 Å². The molecule has 0 aromatic rings. The normalized spacial score (nSPS) is 14.1. The number of hydrogen-bond donors (Lipinski definition) is 1. The second kappa shape index (κ2) is 13.7. The largest absolute Gasteiger partial charge is 0.472 e. The standard InChI is InChI=1S/C14H29O5P/c1-2-3-4-5-6-7-8-9-10-11-13-18-20(16,17)19-14-12-15/h12H,2-11,13-14H2,1H3,(H,16,17). The van der Waals surface area contributed by atoms with Crippen LogP contribution in [0.4, 0.5) is 0 Å². The zero-order valence-electron chi connectivity index (χ0n) is 12.6. The quantitative estimate of drug-likeness (QED) is 0.278. The first-order valence-corrected chi connectivity index (χ1v) is 9.17. The molecule has 1 N–H and O–H groups in total. The maximum atomic E-state index is 11.2. The van der Waals surface area contributed by atoms with Gasteiger partial charge in [-0.15, -0.1) is 0 Å². The Labute approximate surface area is 122 Å². The van der Waals surface area contributed by atoms with Crippen LogP contribution < -0.4 is 0 Å². The first-order valence-electron chi connectivity index (χ1n) is 7.68. The van der Waals surface area contributed by atoms with E-state index in [0.717, 1.165) is 19.3 Å². The molecule has 0 aromatic heterocycles. The maximum Gasteiger partial charge on any atom is 0.472 e. The van der Waals surface area contributed by atoms with Gasteiger partial charge in [0.1, 0.15) is 12.9 Å². The Balaban J connectivity index is 3.24. The smallest absolute Gasteiger partial charge is 0.302 e. The van der Waals surface area contributed by atoms with Crippen molar-refractivity contribution in [1.82, 2.24) is 0 Å². The predicted molar refractivity (Wildman–Crippen MR) is 79.6 cm³/mol. The van der Waals surface area contributed by atoms with Crippen LogP contribution in [0.2, 0.25) is 0 Å². The van der Waals surface area contributed by atoms with Crippen LogP contribution in [0.1, 0.15) is 71.1 Å². The number of rotatable bonds is 15. The Hall–Kier alpha value is -0.220. The van der Waals surface area contributed by atoms with Gasteiger partial charge in [0, 0.05) is 0 Å². The Kier molecular flexibility index (Phi) is 13.6. The van der Waals surface area contributed by atoms with Crippen molar-refractivity contribution in [2.75, 3.05) is 13.2 Å². The van der Waals surface area contributed by atoms with Crippen molar-refractivity contribution in [2.45, 2.75) is 71.1 Å². The summed E-state index contributed by atoms with van der Waals surface area (Å²) < 4.78 is 20.3. The van der Waals surface area contributed by atoms with Crippen LogP contribution in [0.3, 0.4) is 0 Å². The summed E-state index contributed by atoms with van der Waals surface area (Å²) in [5.41, 5.74) is 0. The molecule has 0 aromatic carbocycles. The topological polar surface area (TPSA) is 72.8 Å². The van der Waals surface area contributed by atoms with Crippen molar-refractivity contribution in [1.29, 1.82) is 0 Å². The Morgan fingerprint density at radius 1 is 0.900 bits per heavy atom. The molecule has 5 nitrogen and oxygen atoms in total. The highest BCUT2D eigenvalue weighted by Crippen LogP contribution is 2.42. The van der Waals surface area contributed by atoms with Crippen LogP contribution in [-0.4, -0.2) is 24.4 Å². The zero-order valence-corrected chi connectivity index (χ0v) is 13.5. The molecule has 0 fully saturated rings. The molecule has 1 atom stereocenters. The van der Waals surface area contributed by atoms with Gasteiger partial charge >= 0.3 is 7.82 Å². The van der Waals surface area contributed by atoms with Gasteiger partial charge < -0.3 is 9.69 Å². The van der Waals surface area contributed by atoms with Gasteiger partial charge in [0.05, 0.1) is 6.61 Å². The zero-order chi connectivity index (χ0) is 15.1. The summed E-state index contributed by atoms with van der Waals surface area (Å²) in [7, 11) is -4.02. The molecular weight excluding hydrogens is 279 g/mol. The lowest BCUT2D eigenvalue weighted by atomic mass is 10.1. The Morgan fingerprint density at radius 3 is 1.90 bits per heavy atom. The number of hydrogen-bond acceptors (Lipinski definition) is 4. The van der Waals surface area contributed by atoms with Crippen LogP contribution in [0.25, 0.3) is 0 Å². The molecule has 6 heteroatoms. The van der Waals surface area contributed by atoms with E-state index in [1.54, 1.807) is 0 Å². The molecule has 0 rings (SSSR count). The molecule has 120 valence electrons. The third-order valence-corrected chi connectivity index (χ3v) is 4.04. The van der Waals surface area contributed by atoms with Crippen LogP contribution in [0.15, 0.2) is 0 Å². The van der Waals surface area contributed by atoms with Gasteiger partial charge in [0.2, 0.25) is 0 Å². The van der Waals surface area contributed by atoms with Crippen molar-refractivity contribution >= 4 is 14.1 Å². The highest BCUT2D eigenvalue weighted by molar-refractivity contribution is 7.47. The molecular formula is C14H29O5P. The average molecular weight is 308 g/mol. The monoisotopic (exact) mass is 308 g/mol. The second-order valence-corrected chi connectivity index (χ2v) is 6.40. The van der Waals surface area contributed by atoms with Crippen molar-refractivity contribution in [2.24, 2.45) is 0 Å². The van der Waals surface area contributed by atoms with E-state index in [1.165, 1.54) is 44.9 Å². The number of aldehydes is 1. The van der Waals surface area contributed by atoms with Crippen molar-refractivity contribution in [3.63, 3.8) is 0 Å². The molecule has 0 spiro atoms. The van der Waals surface area contributed by atoms with E-state index in [0.29, 0.717) is 6.29 Å². The molecule has 0 amide bonds.